The monoisotopic (exact) mass is 380 g/mol. The number of hydrogen-bond donors (Lipinski definition) is 2. The van der Waals surface area contributed by atoms with Gasteiger partial charge in [0, 0.05) is 23.3 Å². The molecule has 1 aromatic heterocycles. The molecule has 1 aliphatic rings. The molecule has 3 aromatic rings. The van der Waals surface area contributed by atoms with Gasteiger partial charge in [-0.05, 0) is 0 Å². The zero-order valence-electron chi connectivity index (χ0n) is 14.7. The highest BCUT2D eigenvalue weighted by Gasteiger charge is 2.27. The third kappa shape index (κ3) is 4.23. The van der Waals surface area contributed by atoms with Crippen molar-refractivity contribution in [2.45, 2.75) is 30.2 Å². The number of aromatic nitrogens is 2. The number of carbonyl (C=O) groups is 1. The van der Waals surface area contributed by atoms with Crippen LogP contribution in [0.15, 0.2) is 65.8 Å². The number of H-pyrrole nitrogens is 1. The number of nitrogens with one attached hydrogen (secondary N) is 1. The quantitative estimate of drug-likeness (QED) is 0.519. The summed E-state index contributed by atoms with van der Waals surface area (Å²) in [5.74, 6) is 0.215. The van der Waals surface area contributed by atoms with Gasteiger partial charge in [-0.2, -0.15) is 0 Å². The first kappa shape index (κ1) is 17.8. The van der Waals surface area contributed by atoms with Gasteiger partial charge in [0.1, 0.15) is 6.10 Å². The minimum Gasteiger partial charge on any atom is -0.461 e. The Morgan fingerprint density at radius 2 is 1.74 bits per heavy atom. The van der Waals surface area contributed by atoms with E-state index in [1.54, 1.807) is 0 Å². The van der Waals surface area contributed by atoms with Crippen LogP contribution in [0, 0.1) is 0 Å². The van der Waals surface area contributed by atoms with Crippen LogP contribution in [0.1, 0.15) is 12.8 Å². The van der Waals surface area contributed by atoms with E-state index in [4.69, 9.17) is 9.72 Å². The third-order valence-electron chi connectivity index (χ3n) is 4.43. The molecule has 2 unspecified atom stereocenters. The number of hydrogen-bond acceptors (Lipinski definition) is 5. The molecule has 2 atom stereocenters. The Balaban J connectivity index is 1.59. The zero-order chi connectivity index (χ0) is 18.6. The lowest BCUT2D eigenvalue weighted by Gasteiger charge is -2.25. The molecule has 6 heteroatoms. The average molecular weight is 380 g/mol. The smallest absolute Gasteiger partial charge is 0.308 e. The zero-order valence-corrected chi connectivity index (χ0v) is 15.5. The number of esters is 1. The second-order valence-electron chi connectivity index (χ2n) is 6.51. The fraction of sp³-hybridized carbons (Fsp3) is 0.238. The van der Waals surface area contributed by atoms with E-state index >= 15 is 0 Å². The normalized spacial score (nSPS) is 19.7. The van der Waals surface area contributed by atoms with Crippen molar-refractivity contribution in [1.82, 2.24) is 9.97 Å². The SMILES string of the molecule is O=C1CC(O)CC(CSc2nc(-c3ccccc3)c(-c3ccccc3)[nH]2)O1. The highest BCUT2D eigenvalue weighted by molar-refractivity contribution is 7.99. The first-order chi connectivity index (χ1) is 13.2. The Bertz CT molecular complexity index is 855. The van der Waals surface area contributed by atoms with Gasteiger partial charge in [0.25, 0.3) is 0 Å². The van der Waals surface area contributed by atoms with Crippen LogP contribution in [-0.2, 0) is 9.53 Å². The molecule has 0 radical (unpaired) electrons. The number of ether oxygens (including phenoxy) is 1. The van der Waals surface area contributed by atoms with Gasteiger partial charge < -0.3 is 14.8 Å². The Hall–Kier alpha value is -2.57. The molecule has 138 valence electrons. The van der Waals surface area contributed by atoms with Gasteiger partial charge in [0.15, 0.2) is 5.16 Å². The van der Waals surface area contributed by atoms with E-state index in [1.807, 2.05) is 60.7 Å². The van der Waals surface area contributed by atoms with Crippen molar-refractivity contribution >= 4 is 17.7 Å². The van der Waals surface area contributed by atoms with Gasteiger partial charge in [-0.3, -0.25) is 4.79 Å². The molecule has 0 aliphatic carbocycles. The molecule has 1 saturated heterocycles. The summed E-state index contributed by atoms with van der Waals surface area (Å²) in [5, 5.41) is 10.5. The molecule has 4 rings (SSSR count). The van der Waals surface area contributed by atoms with E-state index in [-0.39, 0.29) is 18.5 Å². The van der Waals surface area contributed by atoms with Gasteiger partial charge in [-0.25, -0.2) is 4.98 Å². The molecule has 1 aliphatic heterocycles. The fourth-order valence-corrected chi connectivity index (χ4v) is 4.05. The van der Waals surface area contributed by atoms with Crippen LogP contribution in [0.2, 0.25) is 0 Å². The Morgan fingerprint density at radius 3 is 2.41 bits per heavy atom. The second kappa shape index (κ2) is 7.98. The maximum absolute atomic E-state index is 11.5. The van der Waals surface area contributed by atoms with Gasteiger partial charge in [-0.15, -0.1) is 0 Å². The van der Waals surface area contributed by atoms with Crippen LogP contribution in [0.5, 0.6) is 0 Å². The standard InChI is InChI=1S/C21H20N2O3S/c24-16-11-17(26-18(25)12-16)13-27-21-22-19(14-7-3-1-4-8-14)20(23-21)15-9-5-2-6-10-15/h1-10,16-17,24H,11-13H2,(H,22,23). The predicted molar refractivity (Wildman–Crippen MR) is 105 cm³/mol. The lowest BCUT2D eigenvalue weighted by Crippen LogP contribution is -2.33. The molecule has 0 spiro atoms. The van der Waals surface area contributed by atoms with Gasteiger partial charge in [0.05, 0.1) is 23.9 Å². The van der Waals surface area contributed by atoms with Gasteiger partial charge in [-0.1, -0.05) is 72.4 Å². The Morgan fingerprint density at radius 1 is 1.07 bits per heavy atom. The van der Waals surface area contributed by atoms with Crippen LogP contribution < -0.4 is 0 Å². The number of aromatic amines is 1. The summed E-state index contributed by atoms with van der Waals surface area (Å²) in [6.07, 6.45) is -0.362. The van der Waals surface area contributed by atoms with Crippen LogP contribution in [0.25, 0.3) is 22.5 Å². The minimum atomic E-state index is -0.617. The van der Waals surface area contributed by atoms with Crippen molar-refractivity contribution in [3.8, 4) is 22.5 Å². The molecule has 2 heterocycles. The summed E-state index contributed by atoms with van der Waals surface area (Å²) in [7, 11) is 0. The van der Waals surface area contributed by atoms with E-state index in [0.29, 0.717) is 12.2 Å². The molecule has 2 N–H and O–H groups in total. The van der Waals surface area contributed by atoms with Crippen molar-refractivity contribution in [1.29, 1.82) is 0 Å². The lowest BCUT2D eigenvalue weighted by atomic mass is 10.1. The maximum atomic E-state index is 11.5. The predicted octanol–water partition coefficient (Wildman–Crippen LogP) is 3.90. The van der Waals surface area contributed by atoms with Crippen molar-refractivity contribution in [3.05, 3.63) is 60.7 Å². The molecule has 0 bridgehead atoms. The number of benzene rings is 2. The molecule has 0 amide bonds. The highest BCUT2D eigenvalue weighted by Crippen LogP contribution is 2.33. The van der Waals surface area contributed by atoms with Crippen molar-refractivity contribution < 1.29 is 14.6 Å². The lowest BCUT2D eigenvalue weighted by molar-refractivity contribution is -0.158. The third-order valence-corrected chi connectivity index (χ3v) is 5.44. The Labute approximate surface area is 161 Å². The number of nitrogens with zero attached hydrogens (tertiary/aromatic N) is 1. The number of carbonyl (C=O) groups excluding carboxylic acids is 1. The van der Waals surface area contributed by atoms with E-state index in [2.05, 4.69) is 4.98 Å². The van der Waals surface area contributed by atoms with Crippen molar-refractivity contribution in [2.75, 3.05) is 5.75 Å². The number of cyclic esters (lactones) is 1. The number of thioether (sulfide) groups is 1. The van der Waals surface area contributed by atoms with E-state index in [1.165, 1.54) is 11.8 Å². The van der Waals surface area contributed by atoms with E-state index < -0.39 is 6.10 Å². The van der Waals surface area contributed by atoms with Crippen molar-refractivity contribution in [2.24, 2.45) is 0 Å². The minimum absolute atomic E-state index is 0.0816. The summed E-state index contributed by atoms with van der Waals surface area (Å²) in [6, 6.07) is 20.1. The number of aliphatic hydroxyl groups is 1. The Kier molecular flexibility index (Phi) is 5.27. The molecule has 1 fully saturated rings. The van der Waals surface area contributed by atoms with Crippen molar-refractivity contribution in [3.63, 3.8) is 0 Å². The van der Waals surface area contributed by atoms with Gasteiger partial charge >= 0.3 is 5.97 Å². The van der Waals surface area contributed by atoms with E-state index in [0.717, 1.165) is 27.7 Å². The second-order valence-corrected chi connectivity index (χ2v) is 7.52. The number of imidazole rings is 1. The maximum Gasteiger partial charge on any atom is 0.308 e. The molecule has 0 saturated carbocycles. The van der Waals surface area contributed by atoms with E-state index in [9.17, 15) is 9.90 Å². The fourth-order valence-electron chi connectivity index (χ4n) is 3.17. The molecule has 2 aromatic carbocycles. The highest BCUT2D eigenvalue weighted by atomic mass is 32.2. The summed E-state index contributed by atoms with van der Waals surface area (Å²) >= 11 is 1.50. The average Bonchev–Trinajstić information content (AvgIpc) is 3.11. The number of rotatable bonds is 5. The van der Waals surface area contributed by atoms with Crippen LogP contribution in [-0.4, -0.2) is 39.0 Å². The summed E-state index contributed by atoms with van der Waals surface area (Å²) in [6.45, 7) is 0. The summed E-state index contributed by atoms with van der Waals surface area (Å²) in [5.41, 5.74) is 3.96. The summed E-state index contributed by atoms with van der Waals surface area (Å²) in [4.78, 5) is 19.7. The molecule has 5 nitrogen and oxygen atoms in total. The first-order valence-corrected chi connectivity index (χ1v) is 9.89. The molecular weight excluding hydrogens is 360 g/mol. The largest absolute Gasteiger partial charge is 0.461 e. The topological polar surface area (TPSA) is 75.2 Å². The van der Waals surface area contributed by atoms with Crippen LogP contribution in [0.3, 0.4) is 0 Å². The first-order valence-electron chi connectivity index (χ1n) is 8.90. The molecule has 27 heavy (non-hydrogen) atoms. The van der Waals surface area contributed by atoms with Crippen LogP contribution >= 0.6 is 11.8 Å². The summed E-state index contributed by atoms with van der Waals surface area (Å²) < 4.78 is 5.32. The number of aliphatic hydroxyl groups excluding tert-OH is 1. The molecular formula is C21H20N2O3S. The van der Waals surface area contributed by atoms with Gasteiger partial charge in [0.2, 0.25) is 0 Å². The van der Waals surface area contributed by atoms with Crippen LogP contribution in [0.4, 0.5) is 0 Å².